The third-order valence-corrected chi connectivity index (χ3v) is 4.17. The minimum absolute atomic E-state index is 0.135. The molecule has 3 nitrogen and oxygen atoms in total. The molecule has 0 unspecified atom stereocenters. The standard InChI is InChI=1S/C15H19NO2/c17-15(18-11-13-4-2-1-3-5-13)16-9-8-12-6-7-14(16)10-12/h1-5,12,14H,6-11H2/t12-,14-/m0/s1. The zero-order valence-corrected chi connectivity index (χ0v) is 10.5. The Labute approximate surface area is 108 Å². The molecule has 2 atom stereocenters. The van der Waals surface area contributed by atoms with Gasteiger partial charge in [-0.15, -0.1) is 0 Å². The molecule has 0 aromatic heterocycles. The zero-order chi connectivity index (χ0) is 12.4. The summed E-state index contributed by atoms with van der Waals surface area (Å²) in [6.45, 7) is 1.26. The SMILES string of the molecule is O=C(OCc1ccccc1)N1CC[C@@H]2CC[C@H]1C2. The molecule has 1 aliphatic carbocycles. The molecule has 0 radical (unpaired) electrons. The first-order valence-electron chi connectivity index (χ1n) is 6.80. The van der Waals surface area contributed by atoms with Gasteiger partial charge in [0.15, 0.2) is 0 Å². The van der Waals surface area contributed by atoms with E-state index in [0.717, 1.165) is 30.9 Å². The molecular formula is C15H19NO2. The van der Waals surface area contributed by atoms with Gasteiger partial charge in [0, 0.05) is 12.6 Å². The van der Waals surface area contributed by atoms with Gasteiger partial charge in [-0.25, -0.2) is 4.79 Å². The highest BCUT2D eigenvalue weighted by Crippen LogP contribution is 2.36. The molecule has 2 fully saturated rings. The average molecular weight is 245 g/mol. The van der Waals surface area contributed by atoms with E-state index in [2.05, 4.69) is 0 Å². The van der Waals surface area contributed by atoms with E-state index in [1.165, 1.54) is 12.8 Å². The number of likely N-dealkylation sites (tertiary alicyclic amines) is 1. The maximum Gasteiger partial charge on any atom is 0.410 e. The maximum absolute atomic E-state index is 12.1. The summed E-state index contributed by atoms with van der Waals surface area (Å²) in [5, 5.41) is 0. The lowest BCUT2D eigenvalue weighted by molar-refractivity contribution is 0.0711. The molecule has 1 heterocycles. The van der Waals surface area contributed by atoms with Crippen LogP contribution >= 0.6 is 0 Å². The topological polar surface area (TPSA) is 29.5 Å². The molecule has 1 aromatic carbocycles. The molecule has 0 N–H and O–H groups in total. The predicted molar refractivity (Wildman–Crippen MR) is 69.1 cm³/mol. The summed E-state index contributed by atoms with van der Waals surface area (Å²) < 4.78 is 5.41. The second-order valence-corrected chi connectivity index (χ2v) is 5.36. The third kappa shape index (κ3) is 2.35. The lowest BCUT2D eigenvalue weighted by atomic mass is 10.00. The minimum atomic E-state index is -0.135. The summed E-state index contributed by atoms with van der Waals surface area (Å²) in [5.41, 5.74) is 1.05. The van der Waals surface area contributed by atoms with E-state index in [9.17, 15) is 4.79 Å². The van der Waals surface area contributed by atoms with Gasteiger partial charge in [-0.05, 0) is 37.2 Å². The first-order valence-corrected chi connectivity index (χ1v) is 6.80. The highest BCUT2D eigenvalue weighted by molar-refractivity contribution is 5.68. The smallest absolute Gasteiger partial charge is 0.410 e. The van der Waals surface area contributed by atoms with E-state index >= 15 is 0 Å². The molecule has 1 saturated carbocycles. The summed E-state index contributed by atoms with van der Waals surface area (Å²) in [7, 11) is 0. The molecule has 1 saturated heterocycles. The van der Waals surface area contributed by atoms with Gasteiger partial charge in [0.1, 0.15) is 6.61 Å². The average Bonchev–Trinajstić information content (AvgIpc) is 2.79. The summed E-state index contributed by atoms with van der Waals surface area (Å²) in [5.74, 6) is 0.855. The van der Waals surface area contributed by atoms with E-state index < -0.39 is 0 Å². The van der Waals surface area contributed by atoms with Crippen molar-refractivity contribution in [2.45, 2.75) is 38.3 Å². The van der Waals surface area contributed by atoms with Gasteiger partial charge < -0.3 is 9.64 Å². The number of carbonyl (C=O) groups excluding carboxylic acids is 1. The quantitative estimate of drug-likeness (QED) is 0.800. The van der Waals surface area contributed by atoms with Crippen LogP contribution in [0.15, 0.2) is 30.3 Å². The number of fused-ring (bicyclic) bond motifs is 2. The highest BCUT2D eigenvalue weighted by Gasteiger charge is 2.37. The van der Waals surface area contributed by atoms with Crippen LogP contribution in [-0.4, -0.2) is 23.6 Å². The highest BCUT2D eigenvalue weighted by atomic mass is 16.6. The Morgan fingerprint density at radius 2 is 2.06 bits per heavy atom. The predicted octanol–water partition coefficient (Wildman–Crippen LogP) is 3.20. The van der Waals surface area contributed by atoms with E-state index in [-0.39, 0.29) is 6.09 Å². The van der Waals surface area contributed by atoms with Crippen LogP contribution in [0.25, 0.3) is 0 Å². The Morgan fingerprint density at radius 1 is 1.22 bits per heavy atom. The number of nitrogens with zero attached hydrogens (tertiary/aromatic N) is 1. The molecule has 3 heteroatoms. The second-order valence-electron chi connectivity index (χ2n) is 5.36. The second kappa shape index (κ2) is 5.01. The van der Waals surface area contributed by atoms with Gasteiger partial charge in [0.2, 0.25) is 0 Å². The number of ether oxygens (including phenoxy) is 1. The van der Waals surface area contributed by atoms with Gasteiger partial charge in [0.25, 0.3) is 0 Å². The summed E-state index contributed by atoms with van der Waals surface area (Å²) in [4.78, 5) is 14.0. The molecule has 1 amide bonds. The molecule has 1 aliphatic heterocycles. The largest absolute Gasteiger partial charge is 0.445 e. The van der Waals surface area contributed by atoms with Gasteiger partial charge in [-0.3, -0.25) is 0 Å². The molecule has 3 rings (SSSR count). The molecule has 1 aromatic rings. The van der Waals surface area contributed by atoms with Gasteiger partial charge in [0.05, 0.1) is 0 Å². The van der Waals surface area contributed by atoms with E-state index in [1.807, 2.05) is 35.2 Å². The summed E-state index contributed by atoms with van der Waals surface area (Å²) in [6, 6.07) is 10.3. The van der Waals surface area contributed by atoms with Crippen molar-refractivity contribution in [2.24, 2.45) is 5.92 Å². The zero-order valence-electron chi connectivity index (χ0n) is 10.5. The Kier molecular flexibility index (Phi) is 3.22. The molecule has 0 spiro atoms. The number of amides is 1. The fourth-order valence-electron chi connectivity index (χ4n) is 3.14. The Hall–Kier alpha value is -1.51. The first-order chi connectivity index (χ1) is 8.83. The molecule has 2 bridgehead atoms. The third-order valence-electron chi connectivity index (χ3n) is 4.17. The Bertz CT molecular complexity index is 418. The van der Waals surface area contributed by atoms with Crippen molar-refractivity contribution in [1.82, 2.24) is 4.90 Å². The van der Waals surface area contributed by atoms with Gasteiger partial charge in [-0.2, -0.15) is 0 Å². The fourth-order valence-corrected chi connectivity index (χ4v) is 3.14. The lowest BCUT2D eigenvalue weighted by Gasteiger charge is -2.32. The number of rotatable bonds is 2. The fraction of sp³-hybridized carbons (Fsp3) is 0.533. The van der Waals surface area contributed by atoms with Crippen molar-refractivity contribution in [1.29, 1.82) is 0 Å². The van der Waals surface area contributed by atoms with E-state index in [0.29, 0.717) is 12.6 Å². The van der Waals surface area contributed by atoms with Gasteiger partial charge in [-0.1, -0.05) is 30.3 Å². The number of hydrogen-bond acceptors (Lipinski definition) is 2. The molecular weight excluding hydrogens is 226 g/mol. The van der Waals surface area contributed by atoms with Crippen molar-refractivity contribution in [3.05, 3.63) is 35.9 Å². The van der Waals surface area contributed by atoms with Crippen LogP contribution in [0, 0.1) is 5.92 Å². The number of carbonyl (C=O) groups is 1. The molecule has 18 heavy (non-hydrogen) atoms. The van der Waals surface area contributed by atoms with Crippen LogP contribution in [0.3, 0.4) is 0 Å². The van der Waals surface area contributed by atoms with E-state index in [4.69, 9.17) is 4.74 Å². The Balaban J connectivity index is 1.55. The van der Waals surface area contributed by atoms with Crippen molar-refractivity contribution < 1.29 is 9.53 Å². The summed E-state index contributed by atoms with van der Waals surface area (Å²) >= 11 is 0. The van der Waals surface area contributed by atoms with E-state index in [1.54, 1.807) is 0 Å². The van der Waals surface area contributed by atoms with Crippen LogP contribution < -0.4 is 0 Å². The van der Waals surface area contributed by atoms with Crippen molar-refractivity contribution in [3.8, 4) is 0 Å². The van der Waals surface area contributed by atoms with Crippen LogP contribution in [0.1, 0.15) is 31.2 Å². The molecule has 96 valence electrons. The van der Waals surface area contributed by atoms with Crippen molar-refractivity contribution in [2.75, 3.05) is 6.54 Å². The lowest BCUT2D eigenvalue weighted by Crippen LogP contribution is -2.42. The van der Waals surface area contributed by atoms with Crippen molar-refractivity contribution >= 4 is 6.09 Å². The summed E-state index contributed by atoms with van der Waals surface area (Å²) in [6.07, 6.45) is 4.64. The molecule has 2 aliphatic rings. The first kappa shape index (κ1) is 11.6. The van der Waals surface area contributed by atoms with Crippen molar-refractivity contribution in [3.63, 3.8) is 0 Å². The van der Waals surface area contributed by atoms with Crippen LogP contribution in [0.4, 0.5) is 4.79 Å². The Morgan fingerprint density at radius 3 is 2.89 bits per heavy atom. The number of benzene rings is 1. The number of hydrogen-bond donors (Lipinski definition) is 0. The van der Waals surface area contributed by atoms with Crippen LogP contribution in [0.2, 0.25) is 0 Å². The maximum atomic E-state index is 12.1. The van der Waals surface area contributed by atoms with Gasteiger partial charge >= 0.3 is 6.09 Å². The monoisotopic (exact) mass is 245 g/mol. The van der Waals surface area contributed by atoms with Crippen LogP contribution in [-0.2, 0) is 11.3 Å². The normalized spacial score (nSPS) is 26.1. The number of piperidine rings is 1. The van der Waals surface area contributed by atoms with Crippen LogP contribution in [0.5, 0.6) is 0 Å². The minimum Gasteiger partial charge on any atom is -0.445 e.